The average Bonchev–Trinajstić information content (AvgIpc) is 3.81. The van der Waals surface area contributed by atoms with E-state index in [1.165, 1.54) is 11.3 Å². The van der Waals surface area contributed by atoms with E-state index in [1.807, 2.05) is 61.4 Å². The minimum Gasteiger partial charge on any atom is -0.390 e. The summed E-state index contributed by atoms with van der Waals surface area (Å²) >= 11 is 1.51. The zero-order chi connectivity index (χ0) is 40.1. The van der Waals surface area contributed by atoms with Crippen molar-refractivity contribution in [1.29, 1.82) is 0 Å². The van der Waals surface area contributed by atoms with E-state index in [9.17, 15) is 24.3 Å². The van der Waals surface area contributed by atoms with Crippen molar-refractivity contribution >= 4 is 35.0 Å². The van der Waals surface area contributed by atoms with E-state index in [4.69, 9.17) is 20.9 Å². The van der Waals surface area contributed by atoms with Gasteiger partial charge in [0.25, 0.3) is 0 Å². The summed E-state index contributed by atoms with van der Waals surface area (Å²) in [7, 11) is 4.89. The fraction of sp³-hybridized carbons (Fsp3) is 0.667. The van der Waals surface area contributed by atoms with Gasteiger partial charge in [-0.05, 0) is 58.4 Å². The fourth-order valence-corrected chi connectivity index (χ4v) is 7.27. The van der Waals surface area contributed by atoms with Gasteiger partial charge in [-0.1, -0.05) is 57.5 Å². The minimum atomic E-state index is -1.15. The third kappa shape index (κ3) is 14.1. The van der Waals surface area contributed by atoms with E-state index in [1.54, 1.807) is 60.1 Å². The monoisotopic (exact) mass is 760 g/mol. The maximum absolute atomic E-state index is 14.0. The number of ether oxygens (including phenoxy) is 2. The lowest BCUT2D eigenvalue weighted by Gasteiger charge is -2.40. The summed E-state index contributed by atoms with van der Waals surface area (Å²) in [5.41, 5.74) is 9.10. The third-order valence-electron chi connectivity index (χ3n) is 9.87. The molecule has 0 radical (unpaired) electrons. The first-order valence-electron chi connectivity index (χ1n) is 18.4. The number of primary amides is 1. The normalized spacial score (nSPS) is 18.1. The van der Waals surface area contributed by atoms with Crippen molar-refractivity contribution in [2.75, 3.05) is 27.8 Å². The Morgan fingerprint density at radius 2 is 1.74 bits per heavy atom. The van der Waals surface area contributed by atoms with E-state index >= 15 is 0 Å². The van der Waals surface area contributed by atoms with Gasteiger partial charge in [0, 0.05) is 39.4 Å². The number of nitrogens with two attached hydrogens (primary N) is 2. The van der Waals surface area contributed by atoms with E-state index in [2.05, 4.69) is 10.3 Å². The molecule has 1 aromatic carbocycles. The van der Waals surface area contributed by atoms with Crippen molar-refractivity contribution in [3.05, 3.63) is 52.5 Å². The second-order valence-electron chi connectivity index (χ2n) is 15.3. The van der Waals surface area contributed by atoms with Crippen LogP contribution in [0.2, 0.25) is 0 Å². The minimum absolute atomic E-state index is 0.0285. The molecule has 1 aliphatic heterocycles. The molecule has 3 rings (SSSR count). The summed E-state index contributed by atoms with van der Waals surface area (Å²) in [6.07, 6.45) is 3.67. The van der Waals surface area contributed by atoms with E-state index in [0.717, 1.165) is 29.8 Å². The molecular weight excluding hydrogens is 697 g/mol. The van der Waals surface area contributed by atoms with Crippen LogP contribution < -0.4 is 16.8 Å². The molecule has 298 valence electrons. The molecule has 7 atom stereocenters. The number of carbonyl (C=O) groups is 4. The molecule has 13 nitrogen and oxygen atoms in total. The number of methoxy groups -OCH3 is 2. The van der Waals surface area contributed by atoms with Crippen molar-refractivity contribution in [3.63, 3.8) is 0 Å². The SMILES string of the molecule is CC(C)(N)C(N)=O.CCC(C)C(C(CC(=O)N1CCCC1C(OC)C(C)C(=O)NC(Cc1ccccc1)c1nccs1)OC)N(C)C(=O)CC(C)(C)O. The summed E-state index contributed by atoms with van der Waals surface area (Å²) in [5, 5.41) is 16.2. The van der Waals surface area contributed by atoms with Gasteiger partial charge in [0.15, 0.2) is 0 Å². The molecule has 14 heteroatoms. The van der Waals surface area contributed by atoms with Crippen LogP contribution in [0.1, 0.15) is 97.2 Å². The number of likely N-dealkylation sites (tertiary alicyclic amines) is 1. The van der Waals surface area contributed by atoms with Gasteiger partial charge in [0.05, 0.1) is 60.2 Å². The maximum Gasteiger partial charge on any atom is 0.236 e. The lowest BCUT2D eigenvalue weighted by Crippen LogP contribution is -2.53. The first-order chi connectivity index (χ1) is 24.7. The number of aromatic nitrogens is 1. The molecule has 1 fully saturated rings. The quantitative estimate of drug-likeness (QED) is 0.175. The van der Waals surface area contributed by atoms with Gasteiger partial charge in [0.1, 0.15) is 5.01 Å². The van der Waals surface area contributed by atoms with Crippen molar-refractivity contribution in [2.45, 2.75) is 128 Å². The highest BCUT2D eigenvalue weighted by atomic mass is 32.1. The van der Waals surface area contributed by atoms with E-state index in [-0.39, 0.29) is 54.6 Å². The first-order valence-corrected chi connectivity index (χ1v) is 19.3. The molecule has 53 heavy (non-hydrogen) atoms. The number of hydrogen-bond acceptors (Lipinski definition) is 10. The van der Waals surface area contributed by atoms with Gasteiger partial charge in [-0.25, -0.2) is 4.98 Å². The van der Waals surface area contributed by atoms with Crippen molar-refractivity contribution in [2.24, 2.45) is 23.3 Å². The smallest absolute Gasteiger partial charge is 0.236 e. The van der Waals surface area contributed by atoms with Gasteiger partial charge in [-0.2, -0.15) is 0 Å². The van der Waals surface area contributed by atoms with Crippen LogP contribution >= 0.6 is 11.3 Å². The predicted molar refractivity (Wildman–Crippen MR) is 208 cm³/mol. The molecule has 0 aliphatic carbocycles. The molecule has 0 bridgehead atoms. The maximum atomic E-state index is 14.0. The Morgan fingerprint density at radius 3 is 2.23 bits per heavy atom. The first kappa shape index (κ1) is 45.7. The summed E-state index contributed by atoms with van der Waals surface area (Å²) in [6.45, 7) is 12.9. The highest BCUT2D eigenvalue weighted by Gasteiger charge is 2.42. The molecule has 2 heterocycles. The summed E-state index contributed by atoms with van der Waals surface area (Å²) in [5.74, 6) is -1.40. The van der Waals surface area contributed by atoms with Gasteiger partial charge < -0.3 is 41.2 Å². The Hall–Kier alpha value is -3.43. The van der Waals surface area contributed by atoms with Crippen LogP contribution in [-0.4, -0.2) is 107 Å². The molecule has 2 aromatic rings. The standard InChI is InChI=1S/C35H54N4O6S.C4H10N2O/c1-9-23(2)31(38(6)30(41)22-35(4,5)43)28(44-7)21-29(40)39-18-13-16-27(39)32(45-8)24(3)33(42)37-26(34-36-17-19-46-34)20-25-14-11-10-12-15-25;1-4(2,6)3(5)7/h10-12,14-15,17,19,23-24,26-28,31-32,43H,9,13,16,18,20-22H2,1-8H3,(H,37,42);6H2,1-2H3,(H2,5,7). The van der Waals surface area contributed by atoms with Crippen LogP contribution in [-0.2, 0) is 35.1 Å². The Labute approximate surface area is 320 Å². The number of amides is 4. The number of nitrogens with zero attached hydrogens (tertiary/aromatic N) is 3. The molecule has 1 saturated heterocycles. The summed E-state index contributed by atoms with van der Waals surface area (Å²) in [6, 6.07) is 9.09. The topological polar surface area (TPSA) is 190 Å². The number of thiazole rings is 1. The fourth-order valence-electron chi connectivity index (χ4n) is 6.58. The number of carbonyl (C=O) groups excluding carboxylic acids is 4. The van der Waals surface area contributed by atoms with Crippen molar-refractivity contribution < 1.29 is 33.8 Å². The Kier molecular flexibility index (Phi) is 18.0. The van der Waals surface area contributed by atoms with Crippen LogP contribution in [0.5, 0.6) is 0 Å². The third-order valence-corrected chi connectivity index (χ3v) is 10.8. The second kappa shape index (κ2) is 20.9. The van der Waals surface area contributed by atoms with Crippen molar-refractivity contribution in [1.82, 2.24) is 20.1 Å². The summed E-state index contributed by atoms with van der Waals surface area (Å²) in [4.78, 5) is 58.9. The zero-order valence-corrected chi connectivity index (χ0v) is 34.2. The highest BCUT2D eigenvalue weighted by Crippen LogP contribution is 2.30. The number of benzene rings is 1. The number of likely N-dealkylation sites (N-methyl/N-ethyl adjacent to an activating group) is 1. The molecule has 0 spiro atoms. The molecule has 6 N–H and O–H groups in total. The molecule has 7 unspecified atom stereocenters. The zero-order valence-electron chi connectivity index (χ0n) is 33.3. The molecule has 1 aliphatic rings. The molecule has 0 saturated carbocycles. The summed E-state index contributed by atoms with van der Waals surface area (Å²) < 4.78 is 11.9. The average molecular weight is 761 g/mol. The van der Waals surface area contributed by atoms with E-state index < -0.39 is 35.2 Å². The Morgan fingerprint density at radius 1 is 1.11 bits per heavy atom. The molecule has 1 aromatic heterocycles. The Balaban J connectivity index is 0.00000126. The lowest BCUT2D eigenvalue weighted by atomic mass is 9.89. The van der Waals surface area contributed by atoms with Gasteiger partial charge in [-0.3, -0.25) is 19.2 Å². The van der Waals surface area contributed by atoms with Gasteiger partial charge >= 0.3 is 0 Å². The van der Waals surface area contributed by atoms with Crippen LogP contribution in [0.15, 0.2) is 41.9 Å². The lowest BCUT2D eigenvalue weighted by molar-refractivity contribution is -0.147. The van der Waals surface area contributed by atoms with Crippen molar-refractivity contribution in [3.8, 4) is 0 Å². The van der Waals surface area contributed by atoms with Gasteiger partial charge in [0.2, 0.25) is 23.6 Å². The van der Waals surface area contributed by atoms with Gasteiger partial charge in [-0.15, -0.1) is 11.3 Å². The Bertz CT molecular complexity index is 1430. The highest BCUT2D eigenvalue weighted by molar-refractivity contribution is 7.09. The largest absolute Gasteiger partial charge is 0.390 e. The second-order valence-corrected chi connectivity index (χ2v) is 16.3. The molecule has 4 amide bonds. The van der Waals surface area contributed by atoms with Crippen LogP contribution in [0.3, 0.4) is 0 Å². The number of nitrogens with one attached hydrogen (secondary N) is 1. The number of aliphatic hydroxyl groups is 1. The number of hydrogen-bond donors (Lipinski definition) is 4. The predicted octanol–water partition coefficient (Wildman–Crippen LogP) is 3.83. The molecular formula is C39H64N6O7S. The van der Waals surface area contributed by atoms with Crippen LogP contribution in [0, 0.1) is 11.8 Å². The van der Waals surface area contributed by atoms with E-state index in [0.29, 0.717) is 13.0 Å². The van der Waals surface area contributed by atoms with Crippen LogP contribution in [0.25, 0.3) is 0 Å². The number of rotatable bonds is 18. The van der Waals surface area contributed by atoms with Crippen LogP contribution in [0.4, 0.5) is 0 Å².